The number of amides is 2. The summed E-state index contributed by atoms with van der Waals surface area (Å²) in [5.41, 5.74) is 10.1. The van der Waals surface area contributed by atoms with E-state index >= 15 is 0 Å². The average Bonchev–Trinajstić information content (AvgIpc) is 3.49. The van der Waals surface area contributed by atoms with E-state index < -0.39 is 18.2 Å². The molecule has 2 aliphatic heterocycles. The van der Waals surface area contributed by atoms with Gasteiger partial charge < -0.3 is 26.2 Å². The van der Waals surface area contributed by atoms with Crippen molar-refractivity contribution in [2.75, 3.05) is 13.2 Å². The summed E-state index contributed by atoms with van der Waals surface area (Å²) in [6.07, 6.45) is 1.93. The van der Waals surface area contributed by atoms with Gasteiger partial charge in [0, 0.05) is 43.2 Å². The molecule has 1 aromatic heterocycles. The summed E-state index contributed by atoms with van der Waals surface area (Å²) in [5.74, 6) is -0.648. The Morgan fingerprint density at radius 2 is 1.94 bits per heavy atom. The van der Waals surface area contributed by atoms with E-state index in [4.69, 9.17) is 5.73 Å². The fourth-order valence-electron chi connectivity index (χ4n) is 4.85. The molecule has 0 spiro atoms. The number of aromatic nitrogens is 2. The molecule has 1 saturated heterocycles. The molecule has 5 unspecified atom stereocenters. The van der Waals surface area contributed by atoms with Crippen LogP contribution in [0.15, 0.2) is 30.5 Å². The molecular formula is C27H41N5O4. The van der Waals surface area contributed by atoms with Gasteiger partial charge in [-0.15, -0.1) is 0 Å². The average molecular weight is 500 g/mol. The topological polar surface area (TPSA) is 134 Å². The van der Waals surface area contributed by atoms with E-state index in [9.17, 15) is 19.8 Å². The number of β-amino-alcohol motifs (C(OH)–C–C–N with tert-alkyl or cyclic N) is 1. The SMILES string of the molecule is CC.CC(C)C(C)C(=O)N1CC(O)CC1C(=O)NC(CO)c1ccc2c(c1)C(N)CCn1nccc1-2. The first-order valence-electron chi connectivity index (χ1n) is 13.0. The number of carbonyl (C=O) groups is 2. The predicted octanol–water partition coefficient (Wildman–Crippen LogP) is 2.38. The van der Waals surface area contributed by atoms with Crippen LogP contribution in [0.2, 0.25) is 0 Å². The first kappa shape index (κ1) is 27.8. The molecule has 2 amide bonds. The van der Waals surface area contributed by atoms with E-state index in [1.54, 1.807) is 6.20 Å². The maximum atomic E-state index is 13.2. The van der Waals surface area contributed by atoms with E-state index in [1.807, 2.05) is 63.6 Å². The van der Waals surface area contributed by atoms with Crippen molar-refractivity contribution in [3.05, 3.63) is 41.6 Å². The highest BCUT2D eigenvalue weighted by Crippen LogP contribution is 2.34. The zero-order valence-corrected chi connectivity index (χ0v) is 22.0. The van der Waals surface area contributed by atoms with E-state index in [0.29, 0.717) is 0 Å². The molecule has 9 nitrogen and oxygen atoms in total. The van der Waals surface area contributed by atoms with E-state index in [1.165, 1.54) is 4.90 Å². The Hall–Kier alpha value is -2.75. The summed E-state index contributed by atoms with van der Waals surface area (Å²) in [6, 6.07) is 6.11. The summed E-state index contributed by atoms with van der Waals surface area (Å²) < 4.78 is 1.94. The Balaban J connectivity index is 0.00000176. The van der Waals surface area contributed by atoms with Crippen LogP contribution in [0.1, 0.15) is 70.7 Å². The highest BCUT2D eigenvalue weighted by molar-refractivity contribution is 5.89. The summed E-state index contributed by atoms with van der Waals surface area (Å²) in [6.45, 7) is 10.3. The Kier molecular flexibility index (Phi) is 9.27. The number of aliphatic hydroxyl groups excluding tert-OH is 2. The van der Waals surface area contributed by atoms with Crippen LogP contribution >= 0.6 is 0 Å². The number of nitrogens with two attached hydrogens (primary N) is 1. The van der Waals surface area contributed by atoms with Crippen LogP contribution in [-0.2, 0) is 16.1 Å². The largest absolute Gasteiger partial charge is 0.394 e. The van der Waals surface area contributed by atoms with Gasteiger partial charge in [-0.2, -0.15) is 5.10 Å². The monoisotopic (exact) mass is 499 g/mol. The number of nitrogens with zero attached hydrogens (tertiary/aromatic N) is 3. The lowest BCUT2D eigenvalue weighted by Crippen LogP contribution is -2.49. The zero-order valence-electron chi connectivity index (χ0n) is 22.0. The van der Waals surface area contributed by atoms with Crippen LogP contribution in [0.5, 0.6) is 0 Å². The van der Waals surface area contributed by atoms with Gasteiger partial charge in [-0.25, -0.2) is 0 Å². The van der Waals surface area contributed by atoms with Gasteiger partial charge in [-0.3, -0.25) is 14.3 Å². The zero-order chi connectivity index (χ0) is 26.6. The van der Waals surface area contributed by atoms with Crippen molar-refractivity contribution in [1.82, 2.24) is 20.0 Å². The number of rotatable bonds is 6. The van der Waals surface area contributed by atoms with E-state index in [0.717, 1.165) is 35.3 Å². The third kappa shape index (κ3) is 5.63. The first-order valence-corrected chi connectivity index (χ1v) is 13.0. The summed E-state index contributed by atoms with van der Waals surface area (Å²) in [5, 5.41) is 27.6. The number of benzene rings is 1. The predicted molar refractivity (Wildman–Crippen MR) is 139 cm³/mol. The van der Waals surface area contributed by atoms with Crippen molar-refractivity contribution in [2.45, 2.75) is 78.2 Å². The lowest BCUT2D eigenvalue weighted by molar-refractivity contribution is -0.142. The first-order chi connectivity index (χ1) is 17.2. The molecule has 36 heavy (non-hydrogen) atoms. The number of likely N-dealkylation sites (tertiary alicyclic amines) is 1. The fourth-order valence-corrected chi connectivity index (χ4v) is 4.85. The van der Waals surface area contributed by atoms with Crippen molar-refractivity contribution in [3.8, 4) is 11.3 Å². The molecule has 2 aromatic rings. The molecule has 3 heterocycles. The van der Waals surface area contributed by atoms with Crippen molar-refractivity contribution in [1.29, 1.82) is 0 Å². The summed E-state index contributed by atoms with van der Waals surface area (Å²) >= 11 is 0. The third-order valence-corrected chi connectivity index (χ3v) is 7.28. The molecule has 0 saturated carbocycles. The van der Waals surface area contributed by atoms with Gasteiger partial charge in [0.2, 0.25) is 11.8 Å². The number of aryl methyl sites for hydroxylation is 1. The fraction of sp³-hybridized carbons (Fsp3) is 0.593. The molecule has 4 rings (SSSR count). The minimum atomic E-state index is -0.768. The minimum Gasteiger partial charge on any atom is -0.394 e. The Morgan fingerprint density at radius 3 is 2.61 bits per heavy atom. The van der Waals surface area contributed by atoms with Gasteiger partial charge in [0.1, 0.15) is 6.04 Å². The van der Waals surface area contributed by atoms with E-state index in [2.05, 4.69) is 10.4 Å². The lowest BCUT2D eigenvalue weighted by Gasteiger charge is -2.29. The van der Waals surface area contributed by atoms with Crippen molar-refractivity contribution >= 4 is 11.8 Å². The summed E-state index contributed by atoms with van der Waals surface area (Å²) in [7, 11) is 0. The lowest BCUT2D eigenvalue weighted by atomic mass is 9.93. The second kappa shape index (κ2) is 12.0. The van der Waals surface area contributed by atoms with Crippen LogP contribution < -0.4 is 11.1 Å². The Labute approximate surface area is 213 Å². The second-order valence-electron chi connectivity index (χ2n) is 9.85. The normalized spacial score (nSPS) is 22.6. The van der Waals surface area contributed by atoms with Crippen molar-refractivity contribution in [2.24, 2.45) is 17.6 Å². The van der Waals surface area contributed by atoms with Crippen LogP contribution in [0.25, 0.3) is 11.3 Å². The molecule has 5 N–H and O–H groups in total. The van der Waals surface area contributed by atoms with Gasteiger partial charge in [-0.05, 0) is 29.5 Å². The maximum absolute atomic E-state index is 13.2. The van der Waals surface area contributed by atoms with Gasteiger partial charge in [0.25, 0.3) is 0 Å². The molecule has 9 heteroatoms. The van der Waals surface area contributed by atoms with Crippen LogP contribution in [0.3, 0.4) is 0 Å². The van der Waals surface area contributed by atoms with Gasteiger partial charge >= 0.3 is 0 Å². The molecule has 1 fully saturated rings. The molecule has 198 valence electrons. The summed E-state index contributed by atoms with van der Waals surface area (Å²) in [4.78, 5) is 27.6. The molecule has 0 radical (unpaired) electrons. The highest BCUT2D eigenvalue weighted by Gasteiger charge is 2.41. The van der Waals surface area contributed by atoms with Gasteiger partial charge in [0.05, 0.1) is 24.4 Å². The van der Waals surface area contributed by atoms with Crippen LogP contribution in [-0.4, -0.2) is 62.0 Å². The third-order valence-electron chi connectivity index (χ3n) is 7.28. The molecule has 1 aromatic carbocycles. The molecule has 5 atom stereocenters. The number of nitrogens with one attached hydrogen (secondary N) is 1. The number of hydrogen-bond acceptors (Lipinski definition) is 6. The number of carbonyl (C=O) groups excluding carboxylic acids is 2. The van der Waals surface area contributed by atoms with Crippen LogP contribution in [0, 0.1) is 11.8 Å². The molecule has 2 aliphatic rings. The Bertz CT molecular complexity index is 1050. The van der Waals surface area contributed by atoms with Crippen molar-refractivity contribution in [3.63, 3.8) is 0 Å². The standard InChI is InChI=1S/C25H35N5O4.C2H6/c1-14(2)15(3)25(34)29-12-17(32)11-23(29)24(33)28-21(13-31)16-4-5-18-19(10-16)20(26)7-9-30-22(18)6-8-27-30;1-2/h4-6,8,10,14-15,17,20-21,23,31-32H,7,9,11-13,26H2,1-3H3,(H,28,33);1-2H3. The van der Waals surface area contributed by atoms with Gasteiger partial charge in [-0.1, -0.05) is 52.8 Å². The number of aliphatic hydroxyl groups is 2. The second-order valence-corrected chi connectivity index (χ2v) is 9.85. The molecular weight excluding hydrogens is 458 g/mol. The Morgan fingerprint density at radius 1 is 1.22 bits per heavy atom. The minimum absolute atomic E-state index is 0.124. The molecule has 0 bridgehead atoms. The highest BCUT2D eigenvalue weighted by atomic mass is 16.3. The number of hydrogen-bond donors (Lipinski definition) is 4. The van der Waals surface area contributed by atoms with Crippen molar-refractivity contribution < 1.29 is 19.8 Å². The smallest absolute Gasteiger partial charge is 0.243 e. The van der Waals surface area contributed by atoms with Gasteiger partial charge in [0.15, 0.2) is 0 Å². The van der Waals surface area contributed by atoms with E-state index in [-0.39, 0.29) is 49.3 Å². The quantitative estimate of drug-likeness (QED) is 0.482. The molecule has 0 aliphatic carbocycles. The van der Waals surface area contributed by atoms with Crippen LogP contribution in [0.4, 0.5) is 0 Å². The maximum Gasteiger partial charge on any atom is 0.243 e. The number of fused-ring (bicyclic) bond motifs is 3.